The Balaban J connectivity index is 1.96. The maximum atomic E-state index is 12.6. The van der Waals surface area contributed by atoms with Gasteiger partial charge in [-0.1, -0.05) is 24.3 Å². The zero-order chi connectivity index (χ0) is 17.1. The van der Waals surface area contributed by atoms with Crippen molar-refractivity contribution in [1.82, 2.24) is 4.98 Å². The van der Waals surface area contributed by atoms with Gasteiger partial charge in [0.25, 0.3) is 11.5 Å². The van der Waals surface area contributed by atoms with Crippen LogP contribution in [0, 0.1) is 6.92 Å². The number of carbonyl (C=O) groups excluding carboxylic acids is 1. The lowest BCUT2D eigenvalue weighted by Gasteiger charge is -2.13. The Morgan fingerprint density at radius 1 is 1.08 bits per heavy atom. The third kappa shape index (κ3) is 3.15. The van der Waals surface area contributed by atoms with Crippen molar-refractivity contribution >= 4 is 28.2 Å². The van der Waals surface area contributed by atoms with Crippen LogP contribution in [0.5, 0.6) is 0 Å². The number of benzene rings is 2. The second kappa shape index (κ2) is 6.58. The van der Waals surface area contributed by atoms with Crippen molar-refractivity contribution in [1.29, 1.82) is 0 Å². The number of hydrogen-bond donors (Lipinski definition) is 3. The molecule has 5 heteroatoms. The average molecular weight is 321 g/mol. The van der Waals surface area contributed by atoms with Crippen LogP contribution in [-0.2, 0) is 0 Å². The quantitative estimate of drug-likeness (QED) is 0.688. The zero-order valence-corrected chi connectivity index (χ0v) is 13.6. The van der Waals surface area contributed by atoms with Crippen LogP contribution >= 0.6 is 0 Å². The Bertz CT molecular complexity index is 960. The topological polar surface area (TPSA) is 74.0 Å². The van der Waals surface area contributed by atoms with Crippen molar-refractivity contribution in [3.8, 4) is 0 Å². The van der Waals surface area contributed by atoms with Gasteiger partial charge in [0.15, 0.2) is 0 Å². The molecule has 2 aromatic carbocycles. The molecule has 0 aliphatic rings. The van der Waals surface area contributed by atoms with Crippen LogP contribution < -0.4 is 16.2 Å². The highest BCUT2D eigenvalue weighted by molar-refractivity contribution is 6.07. The second-order valence-corrected chi connectivity index (χ2v) is 5.63. The molecule has 0 saturated heterocycles. The third-order valence-corrected chi connectivity index (χ3v) is 3.79. The molecule has 3 aromatic rings. The smallest absolute Gasteiger partial charge is 0.261 e. The van der Waals surface area contributed by atoms with Crippen LogP contribution in [0.2, 0.25) is 0 Å². The van der Waals surface area contributed by atoms with Gasteiger partial charge in [-0.25, -0.2) is 0 Å². The number of rotatable bonds is 4. The maximum Gasteiger partial charge on any atom is 0.261 e. The summed E-state index contributed by atoms with van der Waals surface area (Å²) in [6, 6.07) is 14.7. The molecule has 1 heterocycles. The molecule has 5 nitrogen and oxygen atoms in total. The number of aryl methyl sites for hydroxylation is 1. The highest BCUT2D eigenvalue weighted by Crippen LogP contribution is 2.23. The van der Waals surface area contributed by atoms with Gasteiger partial charge in [-0.15, -0.1) is 0 Å². The minimum absolute atomic E-state index is 0.0942. The Morgan fingerprint density at radius 2 is 1.88 bits per heavy atom. The fraction of sp³-hybridized carbons (Fsp3) is 0.158. The SMILES string of the molecule is CCNc1cc(C)ccc1NC(=O)c1cc2ccccc2[nH]c1=O. The Labute approximate surface area is 139 Å². The van der Waals surface area contributed by atoms with Crippen LogP contribution in [0.3, 0.4) is 0 Å². The number of fused-ring (bicyclic) bond motifs is 1. The van der Waals surface area contributed by atoms with Gasteiger partial charge in [0.05, 0.1) is 11.4 Å². The molecular weight excluding hydrogens is 302 g/mol. The molecule has 0 atom stereocenters. The Morgan fingerprint density at radius 3 is 2.67 bits per heavy atom. The van der Waals surface area contributed by atoms with E-state index in [1.807, 2.05) is 56.3 Å². The van der Waals surface area contributed by atoms with Crippen LogP contribution in [0.25, 0.3) is 10.9 Å². The van der Waals surface area contributed by atoms with Crippen molar-refractivity contribution in [2.75, 3.05) is 17.2 Å². The highest BCUT2D eigenvalue weighted by atomic mass is 16.2. The summed E-state index contributed by atoms with van der Waals surface area (Å²) in [6.07, 6.45) is 0. The minimum Gasteiger partial charge on any atom is -0.384 e. The van der Waals surface area contributed by atoms with Gasteiger partial charge in [-0.2, -0.15) is 0 Å². The largest absolute Gasteiger partial charge is 0.384 e. The number of H-pyrrole nitrogens is 1. The number of nitrogens with one attached hydrogen (secondary N) is 3. The van der Waals surface area contributed by atoms with E-state index in [0.717, 1.165) is 23.2 Å². The zero-order valence-electron chi connectivity index (χ0n) is 13.6. The molecule has 0 aliphatic heterocycles. The number of para-hydroxylation sites is 1. The van der Waals surface area contributed by atoms with E-state index >= 15 is 0 Å². The highest BCUT2D eigenvalue weighted by Gasteiger charge is 2.14. The molecule has 1 amide bonds. The fourth-order valence-electron chi connectivity index (χ4n) is 2.61. The lowest BCUT2D eigenvalue weighted by molar-refractivity contribution is 0.102. The van der Waals surface area contributed by atoms with Gasteiger partial charge in [-0.3, -0.25) is 9.59 Å². The first-order chi connectivity index (χ1) is 11.6. The summed E-state index contributed by atoms with van der Waals surface area (Å²) in [7, 11) is 0. The predicted molar refractivity (Wildman–Crippen MR) is 97.9 cm³/mol. The van der Waals surface area contributed by atoms with Crippen LogP contribution in [0.15, 0.2) is 53.3 Å². The van der Waals surface area contributed by atoms with Crippen molar-refractivity contribution in [3.63, 3.8) is 0 Å². The third-order valence-electron chi connectivity index (χ3n) is 3.79. The van der Waals surface area contributed by atoms with E-state index in [4.69, 9.17) is 0 Å². The Hall–Kier alpha value is -3.08. The van der Waals surface area contributed by atoms with E-state index < -0.39 is 11.5 Å². The maximum absolute atomic E-state index is 12.6. The number of aromatic nitrogens is 1. The molecular formula is C19H19N3O2. The van der Waals surface area contributed by atoms with Gasteiger partial charge < -0.3 is 15.6 Å². The summed E-state index contributed by atoms with van der Waals surface area (Å²) < 4.78 is 0. The molecule has 0 unspecified atom stereocenters. The summed E-state index contributed by atoms with van der Waals surface area (Å²) in [5.41, 5.74) is 2.98. The molecule has 0 saturated carbocycles. The molecule has 0 spiro atoms. The standard InChI is InChI=1S/C19H19N3O2/c1-3-20-17-10-12(2)8-9-16(17)22-19(24)14-11-13-6-4-5-7-15(13)21-18(14)23/h4-11,20H,3H2,1-2H3,(H,21,23)(H,22,24). The summed E-state index contributed by atoms with van der Waals surface area (Å²) in [5, 5.41) is 6.86. The lowest BCUT2D eigenvalue weighted by atomic mass is 10.1. The number of pyridine rings is 1. The second-order valence-electron chi connectivity index (χ2n) is 5.63. The summed E-state index contributed by atoms with van der Waals surface area (Å²) in [6.45, 7) is 4.71. The number of carbonyl (C=O) groups is 1. The van der Waals surface area contributed by atoms with Gasteiger partial charge in [0, 0.05) is 12.1 Å². The average Bonchev–Trinajstić information content (AvgIpc) is 2.57. The molecule has 1 aromatic heterocycles. The molecule has 0 radical (unpaired) electrons. The van der Waals surface area contributed by atoms with Gasteiger partial charge in [-0.05, 0) is 49.1 Å². The first-order valence-electron chi connectivity index (χ1n) is 7.86. The fourth-order valence-corrected chi connectivity index (χ4v) is 2.61. The molecule has 0 aliphatic carbocycles. The van der Waals surface area contributed by atoms with E-state index in [2.05, 4.69) is 15.6 Å². The number of aromatic amines is 1. The first kappa shape index (κ1) is 15.8. The van der Waals surface area contributed by atoms with E-state index in [0.29, 0.717) is 11.2 Å². The lowest BCUT2D eigenvalue weighted by Crippen LogP contribution is -2.23. The van der Waals surface area contributed by atoms with Crippen LogP contribution in [0.1, 0.15) is 22.8 Å². The van der Waals surface area contributed by atoms with Crippen molar-refractivity contribution in [2.45, 2.75) is 13.8 Å². The molecule has 3 rings (SSSR count). The van der Waals surface area contributed by atoms with Crippen molar-refractivity contribution in [3.05, 3.63) is 70.0 Å². The normalized spacial score (nSPS) is 10.6. The minimum atomic E-state index is -0.426. The number of anilines is 2. The van der Waals surface area contributed by atoms with Crippen molar-refractivity contribution < 1.29 is 4.79 Å². The Kier molecular flexibility index (Phi) is 4.33. The monoisotopic (exact) mass is 321 g/mol. The predicted octanol–water partition coefficient (Wildman–Crippen LogP) is 3.52. The van der Waals surface area contributed by atoms with E-state index in [9.17, 15) is 9.59 Å². The van der Waals surface area contributed by atoms with Crippen LogP contribution in [0.4, 0.5) is 11.4 Å². The first-order valence-corrected chi connectivity index (χ1v) is 7.86. The van der Waals surface area contributed by atoms with Crippen molar-refractivity contribution in [2.24, 2.45) is 0 Å². The molecule has 24 heavy (non-hydrogen) atoms. The van der Waals surface area contributed by atoms with E-state index in [1.54, 1.807) is 6.07 Å². The molecule has 122 valence electrons. The van der Waals surface area contributed by atoms with E-state index in [-0.39, 0.29) is 5.56 Å². The van der Waals surface area contributed by atoms with E-state index in [1.165, 1.54) is 0 Å². The summed E-state index contributed by atoms with van der Waals surface area (Å²) >= 11 is 0. The number of hydrogen-bond acceptors (Lipinski definition) is 3. The van der Waals surface area contributed by atoms with Gasteiger partial charge in [0.1, 0.15) is 5.56 Å². The molecule has 0 fully saturated rings. The molecule has 0 bridgehead atoms. The number of amides is 1. The van der Waals surface area contributed by atoms with Gasteiger partial charge in [0.2, 0.25) is 0 Å². The van der Waals surface area contributed by atoms with Gasteiger partial charge >= 0.3 is 0 Å². The summed E-state index contributed by atoms with van der Waals surface area (Å²) in [5.74, 6) is -0.426. The summed E-state index contributed by atoms with van der Waals surface area (Å²) in [4.78, 5) is 27.5. The van der Waals surface area contributed by atoms with Crippen LogP contribution in [-0.4, -0.2) is 17.4 Å². The molecule has 3 N–H and O–H groups in total.